The van der Waals surface area contributed by atoms with Gasteiger partial charge in [0.25, 0.3) is 0 Å². The van der Waals surface area contributed by atoms with Crippen LogP contribution in [0.2, 0.25) is 0 Å². The van der Waals surface area contributed by atoms with Crippen molar-refractivity contribution in [3.63, 3.8) is 0 Å². The molecule has 0 aliphatic heterocycles. The molecule has 2 rings (SSSR count). The van der Waals surface area contributed by atoms with Crippen molar-refractivity contribution < 1.29 is 0 Å². The van der Waals surface area contributed by atoms with E-state index in [1.165, 1.54) is 0 Å². The molecule has 0 saturated carbocycles. The van der Waals surface area contributed by atoms with Gasteiger partial charge in [-0.25, -0.2) is 9.97 Å². The Hall–Kier alpha value is -2.11. The van der Waals surface area contributed by atoms with Gasteiger partial charge >= 0.3 is 0 Å². The van der Waals surface area contributed by atoms with Gasteiger partial charge in [0.1, 0.15) is 5.82 Å². The third-order valence-corrected chi connectivity index (χ3v) is 2.80. The molecule has 0 bridgehead atoms. The van der Waals surface area contributed by atoms with Crippen LogP contribution in [0.1, 0.15) is 26.5 Å². The zero-order chi connectivity index (χ0) is 14.4. The summed E-state index contributed by atoms with van der Waals surface area (Å²) < 4.78 is 2.16. The van der Waals surface area contributed by atoms with E-state index in [2.05, 4.69) is 44.0 Å². The minimum absolute atomic E-state index is 0.594. The molecule has 0 unspecified atom stereocenters. The van der Waals surface area contributed by atoms with Crippen molar-refractivity contribution in [2.24, 2.45) is 5.92 Å². The fourth-order valence-corrected chi connectivity index (χ4v) is 1.95. The Labute approximate surface area is 119 Å². The molecule has 6 nitrogen and oxygen atoms in total. The molecular formula is C14H22N6. The first kappa shape index (κ1) is 14.3. The first-order chi connectivity index (χ1) is 9.69. The van der Waals surface area contributed by atoms with E-state index in [9.17, 15) is 0 Å². The molecule has 2 aromatic rings. The molecule has 0 aliphatic rings. The lowest BCUT2D eigenvalue weighted by Crippen LogP contribution is -2.12. The van der Waals surface area contributed by atoms with Crippen LogP contribution >= 0.6 is 0 Å². The number of hydrogen-bond acceptors (Lipinski definition) is 5. The van der Waals surface area contributed by atoms with Crippen LogP contribution in [0, 0.1) is 5.92 Å². The van der Waals surface area contributed by atoms with E-state index in [0.29, 0.717) is 18.4 Å². The van der Waals surface area contributed by atoms with Crippen LogP contribution in [0.15, 0.2) is 24.8 Å². The number of nitrogens with one attached hydrogen (secondary N) is 2. The van der Waals surface area contributed by atoms with Crippen LogP contribution in [-0.2, 0) is 13.1 Å². The molecule has 2 N–H and O–H groups in total. The predicted molar refractivity (Wildman–Crippen MR) is 80.6 cm³/mol. The van der Waals surface area contributed by atoms with Gasteiger partial charge in [0.05, 0.1) is 18.6 Å². The number of anilines is 2. The maximum absolute atomic E-state index is 4.39. The van der Waals surface area contributed by atoms with E-state index in [-0.39, 0.29) is 0 Å². The largest absolute Gasteiger partial charge is 0.370 e. The van der Waals surface area contributed by atoms with Gasteiger partial charge < -0.3 is 15.2 Å². The number of nitrogens with zero attached hydrogens (tertiary/aromatic N) is 4. The summed E-state index contributed by atoms with van der Waals surface area (Å²) in [6.07, 6.45) is 5.50. The van der Waals surface area contributed by atoms with Crippen molar-refractivity contribution >= 4 is 11.8 Å². The first-order valence-electron chi connectivity index (χ1n) is 6.98. The van der Waals surface area contributed by atoms with Crippen LogP contribution in [0.4, 0.5) is 11.8 Å². The Morgan fingerprint density at radius 3 is 2.90 bits per heavy atom. The topological polar surface area (TPSA) is 67.7 Å². The zero-order valence-electron chi connectivity index (χ0n) is 12.3. The Balaban J connectivity index is 1.98. The van der Waals surface area contributed by atoms with Gasteiger partial charge in [-0.15, -0.1) is 0 Å². The highest BCUT2D eigenvalue weighted by molar-refractivity contribution is 5.39. The Morgan fingerprint density at radius 1 is 1.30 bits per heavy atom. The molecule has 0 aliphatic carbocycles. The molecule has 6 heteroatoms. The SMILES string of the molecule is CCNc1ccnc(NCc2cncn2CC(C)C)n1. The van der Waals surface area contributed by atoms with Crippen molar-refractivity contribution in [1.82, 2.24) is 19.5 Å². The molecular weight excluding hydrogens is 252 g/mol. The molecule has 108 valence electrons. The van der Waals surface area contributed by atoms with Crippen LogP contribution in [0.5, 0.6) is 0 Å². The van der Waals surface area contributed by atoms with Gasteiger partial charge in [-0.05, 0) is 18.9 Å². The molecule has 20 heavy (non-hydrogen) atoms. The van der Waals surface area contributed by atoms with Crippen molar-refractivity contribution in [3.05, 3.63) is 30.5 Å². The van der Waals surface area contributed by atoms with Gasteiger partial charge in [-0.2, -0.15) is 4.98 Å². The molecule has 0 amide bonds. The maximum atomic E-state index is 4.39. The predicted octanol–water partition coefficient (Wildman–Crippen LogP) is 2.37. The summed E-state index contributed by atoms with van der Waals surface area (Å²) in [5.41, 5.74) is 1.14. The first-order valence-corrected chi connectivity index (χ1v) is 6.98. The quantitative estimate of drug-likeness (QED) is 0.811. The lowest BCUT2D eigenvalue weighted by Gasteiger charge is -2.11. The van der Waals surface area contributed by atoms with Crippen molar-refractivity contribution in [3.8, 4) is 0 Å². The maximum Gasteiger partial charge on any atom is 0.224 e. The number of imidazole rings is 1. The molecule has 0 aromatic carbocycles. The molecule has 2 aromatic heterocycles. The fourth-order valence-electron chi connectivity index (χ4n) is 1.95. The van der Waals surface area contributed by atoms with Crippen LogP contribution in [0.25, 0.3) is 0 Å². The summed E-state index contributed by atoms with van der Waals surface area (Å²) in [5.74, 6) is 2.05. The van der Waals surface area contributed by atoms with Crippen molar-refractivity contribution in [2.45, 2.75) is 33.9 Å². The van der Waals surface area contributed by atoms with E-state index in [1.54, 1.807) is 6.20 Å². The van der Waals surface area contributed by atoms with Gasteiger partial charge in [-0.3, -0.25) is 0 Å². The molecule has 2 heterocycles. The van der Waals surface area contributed by atoms with E-state index >= 15 is 0 Å². The summed E-state index contributed by atoms with van der Waals surface area (Å²) >= 11 is 0. The second-order valence-electron chi connectivity index (χ2n) is 5.08. The van der Waals surface area contributed by atoms with E-state index in [4.69, 9.17) is 0 Å². The zero-order valence-corrected chi connectivity index (χ0v) is 12.3. The van der Waals surface area contributed by atoms with Gasteiger partial charge in [0, 0.05) is 25.5 Å². The normalized spacial score (nSPS) is 10.8. The smallest absolute Gasteiger partial charge is 0.224 e. The summed E-state index contributed by atoms with van der Waals surface area (Å²) in [6, 6.07) is 1.86. The van der Waals surface area contributed by atoms with Crippen LogP contribution in [-0.4, -0.2) is 26.1 Å². The molecule has 0 radical (unpaired) electrons. The number of aromatic nitrogens is 4. The Morgan fingerprint density at radius 2 is 2.15 bits per heavy atom. The average molecular weight is 274 g/mol. The second-order valence-corrected chi connectivity index (χ2v) is 5.08. The van der Waals surface area contributed by atoms with E-state index in [0.717, 1.165) is 24.6 Å². The third kappa shape index (κ3) is 3.94. The third-order valence-electron chi connectivity index (χ3n) is 2.80. The highest BCUT2D eigenvalue weighted by Gasteiger charge is 2.05. The molecule has 0 fully saturated rings. The lowest BCUT2D eigenvalue weighted by atomic mass is 10.2. The highest BCUT2D eigenvalue weighted by Crippen LogP contribution is 2.09. The van der Waals surface area contributed by atoms with Crippen molar-refractivity contribution in [2.75, 3.05) is 17.2 Å². The summed E-state index contributed by atoms with van der Waals surface area (Å²) in [5, 5.41) is 6.41. The molecule has 0 spiro atoms. The van der Waals surface area contributed by atoms with Crippen molar-refractivity contribution in [1.29, 1.82) is 0 Å². The number of rotatable bonds is 7. The van der Waals surface area contributed by atoms with E-state index in [1.807, 2.05) is 25.5 Å². The summed E-state index contributed by atoms with van der Waals surface area (Å²) in [4.78, 5) is 12.8. The average Bonchev–Trinajstić information content (AvgIpc) is 2.84. The molecule has 0 saturated heterocycles. The summed E-state index contributed by atoms with van der Waals surface area (Å²) in [7, 11) is 0. The fraction of sp³-hybridized carbons (Fsp3) is 0.500. The minimum Gasteiger partial charge on any atom is -0.370 e. The van der Waals surface area contributed by atoms with Gasteiger partial charge in [0.15, 0.2) is 0 Å². The van der Waals surface area contributed by atoms with Gasteiger partial charge in [-0.1, -0.05) is 13.8 Å². The second kappa shape index (κ2) is 6.88. The van der Waals surface area contributed by atoms with Crippen LogP contribution < -0.4 is 10.6 Å². The Bertz CT molecular complexity index is 534. The highest BCUT2D eigenvalue weighted by atomic mass is 15.2. The van der Waals surface area contributed by atoms with E-state index < -0.39 is 0 Å². The molecule has 0 atom stereocenters. The summed E-state index contributed by atoms with van der Waals surface area (Å²) in [6.45, 7) is 8.91. The van der Waals surface area contributed by atoms with Gasteiger partial charge in [0.2, 0.25) is 5.95 Å². The minimum atomic E-state index is 0.594. The number of hydrogen-bond donors (Lipinski definition) is 2. The standard InChI is InChI=1S/C14H22N6/c1-4-16-13-5-6-17-14(19-13)18-8-12-7-15-10-20(12)9-11(2)3/h5-7,10-11H,4,8-9H2,1-3H3,(H2,16,17,18,19). The van der Waals surface area contributed by atoms with Crippen LogP contribution in [0.3, 0.4) is 0 Å². The Kier molecular flexibility index (Phi) is 4.92. The lowest BCUT2D eigenvalue weighted by molar-refractivity contribution is 0.511. The monoisotopic (exact) mass is 274 g/mol.